The first kappa shape index (κ1) is 20.7. The highest BCUT2D eigenvalue weighted by molar-refractivity contribution is 5.83. The second-order valence-corrected chi connectivity index (χ2v) is 7.16. The Balaban J connectivity index is 1.36. The maximum atomic E-state index is 5.89. The third kappa shape index (κ3) is 5.50. The Morgan fingerprint density at radius 2 is 1.83 bits per heavy atom. The molecule has 0 aliphatic rings. The van der Waals surface area contributed by atoms with Gasteiger partial charge in [0.1, 0.15) is 5.75 Å². The van der Waals surface area contributed by atoms with Crippen LogP contribution in [0, 0.1) is 13.8 Å². The van der Waals surface area contributed by atoms with Crippen LogP contribution in [0.2, 0.25) is 0 Å². The summed E-state index contributed by atoms with van der Waals surface area (Å²) in [7, 11) is 3.78. The quantitative estimate of drug-likeness (QED) is 0.350. The summed E-state index contributed by atoms with van der Waals surface area (Å²) in [4.78, 5) is 4.29. The van der Waals surface area contributed by atoms with Crippen LogP contribution in [-0.4, -0.2) is 42.5 Å². The number of fused-ring (bicyclic) bond motifs is 1. The van der Waals surface area contributed by atoms with Crippen LogP contribution < -0.4 is 15.4 Å². The van der Waals surface area contributed by atoms with Gasteiger partial charge < -0.3 is 15.4 Å². The average Bonchev–Trinajstić information content (AvgIpc) is 2.97. The average molecular weight is 394 g/mol. The number of hydrogen-bond donors (Lipinski definition) is 2. The Morgan fingerprint density at radius 3 is 2.55 bits per heavy atom. The third-order valence-electron chi connectivity index (χ3n) is 5.15. The van der Waals surface area contributed by atoms with Crippen LogP contribution in [0.1, 0.15) is 23.4 Å². The standard InChI is InChI=1S/C23H31N5O/c1-17-22(18(2)28(4)27-17)12-14-26-23(24-3)25-13-7-15-29-21-11-10-19-8-5-6-9-20(19)16-21/h5-6,8-11,16H,7,12-15H2,1-4H3,(H2,24,25,26). The monoisotopic (exact) mass is 393 g/mol. The second-order valence-electron chi connectivity index (χ2n) is 7.16. The van der Waals surface area contributed by atoms with E-state index in [-0.39, 0.29) is 0 Å². The van der Waals surface area contributed by atoms with Crippen LogP contribution in [0.4, 0.5) is 0 Å². The van der Waals surface area contributed by atoms with E-state index in [4.69, 9.17) is 4.74 Å². The van der Waals surface area contributed by atoms with Crippen molar-refractivity contribution in [2.45, 2.75) is 26.7 Å². The molecular formula is C23H31N5O. The molecule has 0 fully saturated rings. The van der Waals surface area contributed by atoms with Gasteiger partial charge in [-0.2, -0.15) is 5.10 Å². The molecule has 0 atom stereocenters. The summed E-state index contributed by atoms with van der Waals surface area (Å²) >= 11 is 0. The van der Waals surface area contributed by atoms with Crippen LogP contribution in [0.3, 0.4) is 0 Å². The molecule has 3 rings (SSSR count). The van der Waals surface area contributed by atoms with Gasteiger partial charge in [0.05, 0.1) is 12.3 Å². The zero-order valence-electron chi connectivity index (χ0n) is 17.8. The SMILES string of the molecule is CN=C(NCCCOc1ccc2ccccc2c1)NCCc1c(C)nn(C)c1C. The van der Waals surface area contributed by atoms with E-state index in [1.54, 1.807) is 7.05 Å². The summed E-state index contributed by atoms with van der Waals surface area (Å²) in [5, 5.41) is 13.6. The summed E-state index contributed by atoms with van der Waals surface area (Å²) in [6, 6.07) is 14.5. The Labute approximate surface area is 173 Å². The Morgan fingerprint density at radius 1 is 1.07 bits per heavy atom. The topological polar surface area (TPSA) is 63.5 Å². The number of hydrogen-bond acceptors (Lipinski definition) is 3. The minimum absolute atomic E-state index is 0.663. The fourth-order valence-corrected chi connectivity index (χ4v) is 3.43. The molecule has 0 amide bonds. The van der Waals surface area contributed by atoms with Gasteiger partial charge in [-0.1, -0.05) is 30.3 Å². The van der Waals surface area contributed by atoms with Crippen molar-refractivity contribution in [3.63, 3.8) is 0 Å². The molecule has 0 saturated heterocycles. The molecule has 1 aromatic heterocycles. The van der Waals surface area contributed by atoms with Gasteiger partial charge in [0.2, 0.25) is 0 Å². The van der Waals surface area contributed by atoms with E-state index in [2.05, 4.69) is 64.9 Å². The Bertz CT molecular complexity index is 977. The number of guanidine groups is 1. The lowest BCUT2D eigenvalue weighted by atomic mass is 10.1. The molecule has 2 N–H and O–H groups in total. The number of nitrogens with zero attached hydrogens (tertiary/aromatic N) is 3. The van der Waals surface area contributed by atoms with E-state index in [1.807, 2.05) is 23.9 Å². The van der Waals surface area contributed by atoms with E-state index in [1.165, 1.54) is 22.0 Å². The number of aryl methyl sites for hydroxylation is 2. The molecule has 6 heteroatoms. The highest BCUT2D eigenvalue weighted by Crippen LogP contribution is 2.20. The largest absolute Gasteiger partial charge is 0.494 e. The minimum Gasteiger partial charge on any atom is -0.494 e. The summed E-state index contributed by atoms with van der Waals surface area (Å²) in [5.41, 5.74) is 3.62. The number of aromatic nitrogens is 2. The summed E-state index contributed by atoms with van der Waals surface area (Å²) < 4.78 is 7.83. The molecule has 0 aliphatic heterocycles. The number of aliphatic imine (C=N–C) groups is 1. The molecule has 0 aliphatic carbocycles. The normalized spacial score (nSPS) is 11.7. The van der Waals surface area contributed by atoms with Crippen LogP contribution in [-0.2, 0) is 13.5 Å². The maximum Gasteiger partial charge on any atom is 0.190 e. The van der Waals surface area contributed by atoms with E-state index in [0.29, 0.717) is 6.61 Å². The fraction of sp³-hybridized carbons (Fsp3) is 0.391. The second kappa shape index (κ2) is 9.96. The minimum atomic E-state index is 0.663. The van der Waals surface area contributed by atoms with E-state index in [9.17, 15) is 0 Å². The van der Waals surface area contributed by atoms with Crippen molar-refractivity contribution in [3.05, 3.63) is 59.4 Å². The molecule has 0 bridgehead atoms. The van der Waals surface area contributed by atoms with E-state index < -0.39 is 0 Å². The van der Waals surface area contributed by atoms with Crippen molar-refractivity contribution in [1.82, 2.24) is 20.4 Å². The van der Waals surface area contributed by atoms with Gasteiger partial charge >= 0.3 is 0 Å². The van der Waals surface area contributed by atoms with Gasteiger partial charge in [-0.3, -0.25) is 9.67 Å². The number of ether oxygens (including phenoxy) is 1. The van der Waals surface area contributed by atoms with Gasteiger partial charge in [-0.25, -0.2) is 0 Å². The predicted octanol–water partition coefficient (Wildman–Crippen LogP) is 3.37. The Kier molecular flexibility index (Phi) is 7.11. The number of rotatable bonds is 8. The molecular weight excluding hydrogens is 362 g/mol. The van der Waals surface area contributed by atoms with Crippen molar-refractivity contribution in [3.8, 4) is 5.75 Å². The molecule has 2 aromatic carbocycles. The molecule has 0 radical (unpaired) electrons. The van der Waals surface area contributed by atoms with Crippen LogP contribution in [0.25, 0.3) is 10.8 Å². The third-order valence-corrected chi connectivity index (χ3v) is 5.15. The van der Waals surface area contributed by atoms with Crippen molar-refractivity contribution in [2.24, 2.45) is 12.0 Å². The van der Waals surface area contributed by atoms with Gasteiger partial charge in [0.25, 0.3) is 0 Å². The van der Waals surface area contributed by atoms with Gasteiger partial charge in [0.15, 0.2) is 5.96 Å². The summed E-state index contributed by atoms with van der Waals surface area (Å²) in [6.45, 7) is 6.46. The van der Waals surface area contributed by atoms with E-state index >= 15 is 0 Å². The maximum absolute atomic E-state index is 5.89. The molecule has 0 unspecified atom stereocenters. The first-order chi connectivity index (χ1) is 14.1. The first-order valence-corrected chi connectivity index (χ1v) is 10.1. The Hall–Kier alpha value is -3.02. The zero-order chi connectivity index (χ0) is 20.6. The molecule has 6 nitrogen and oxygen atoms in total. The highest BCUT2D eigenvalue weighted by atomic mass is 16.5. The van der Waals surface area contributed by atoms with Crippen molar-refractivity contribution >= 4 is 16.7 Å². The van der Waals surface area contributed by atoms with E-state index in [0.717, 1.165) is 43.3 Å². The molecule has 1 heterocycles. The molecule has 0 saturated carbocycles. The van der Waals surface area contributed by atoms with Crippen LogP contribution in [0.15, 0.2) is 47.5 Å². The zero-order valence-corrected chi connectivity index (χ0v) is 17.8. The van der Waals surface area contributed by atoms with Gasteiger partial charge in [-0.15, -0.1) is 0 Å². The van der Waals surface area contributed by atoms with Crippen molar-refractivity contribution in [1.29, 1.82) is 0 Å². The number of nitrogens with one attached hydrogen (secondary N) is 2. The lowest BCUT2D eigenvalue weighted by Gasteiger charge is -2.12. The van der Waals surface area contributed by atoms with Crippen LogP contribution >= 0.6 is 0 Å². The highest BCUT2D eigenvalue weighted by Gasteiger charge is 2.09. The van der Waals surface area contributed by atoms with Crippen LogP contribution in [0.5, 0.6) is 5.75 Å². The summed E-state index contributed by atoms with van der Waals surface area (Å²) in [5.74, 6) is 1.73. The van der Waals surface area contributed by atoms with Crippen molar-refractivity contribution in [2.75, 3.05) is 26.7 Å². The van der Waals surface area contributed by atoms with Gasteiger partial charge in [0, 0.05) is 32.9 Å². The van der Waals surface area contributed by atoms with Crippen molar-refractivity contribution < 1.29 is 4.74 Å². The first-order valence-electron chi connectivity index (χ1n) is 10.1. The molecule has 154 valence electrons. The fourth-order valence-electron chi connectivity index (χ4n) is 3.43. The lowest BCUT2D eigenvalue weighted by Crippen LogP contribution is -2.39. The lowest BCUT2D eigenvalue weighted by molar-refractivity contribution is 0.311. The molecule has 0 spiro atoms. The number of benzene rings is 2. The summed E-state index contributed by atoms with van der Waals surface area (Å²) in [6.07, 6.45) is 1.83. The van der Waals surface area contributed by atoms with Gasteiger partial charge in [-0.05, 0) is 55.2 Å². The predicted molar refractivity (Wildman–Crippen MR) is 120 cm³/mol. The smallest absolute Gasteiger partial charge is 0.190 e. The molecule has 29 heavy (non-hydrogen) atoms. The molecule has 3 aromatic rings.